The molecule has 1 saturated heterocycles. The molecule has 1 heterocycles. The van der Waals surface area contributed by atoms with Crippen LogP contribution in [0.3, 0.4) is 0 Å². The van der Waals surface area contributed by atoms with Crippen molar-refractivity contribution in [2.45, 2.75) is 13.0 Å². The second-order valence-corrected chi connectivity index (χ2v) is 2.63. The van der Waals surface area contributed by atoms with Crippen molar-refractivity contribution in [2.75, 3.05) is 19.6 Å². The molecule has 0 aromatic rings. The lowest BCUT2D eigenvalue weighted by atomic mass is 10.2. The third kappa shape index (κ3) is 1.77. The number of carbonyl (C=O) groups is 2. The van der Waals surface area contributed by atoms with Crippen LogP contribution in [0.4, 0.5) is 0 Å². The molecule has 0 bridgehead atoms. The number of amides is 1. The summed E-state index contributed by atoms with van der Waals surface area (Å²) in [7, 11) is 0. The molecular formula is C7H12N2O2. The van der Waals surface area contributed by atoms with Gasteiger partial charge >= 0.3 is 0 Å². The van der Waals surface area contributed by atoms with E-state index < -0.39 is 0 Å². The van der Waals surface area contributed by atoms with E-state index in [2.05, 4.69) is 5.32 Å². The molecule has 11 heavy (non-hydrogen) atoms. The molecule has 1 atom stereocenters. The quantitative estimate of drug-likeness (QED) is 0.522. The summed E-state index contributed by atoms with van der Waals surface area (Å²) in [5.41, 5.74) is 0. The summed E-state index contributed by atoms with van der Waals surface area (Å²) < 4.78 is 0. The summed E-state index contributed by atoms with van der Waals surface area (Å²) >= 11 is 0. The number of nitrogens with one attached hydrogen (secondary N) is 1. The minimum Gasteiger partial charge on any atom is -0.353 e. The van der Waals surface area contributed by atoms with Gasteiger partial charge in [-0.1, -0.05) is 0 Å². The van der Waals surface area contributed by atoms with Crippen LogP contribution in [0.15, 0.2) is 0 Å². The first-order valence-corrected chi connectivity index (χ1v) is 3.71. The molecule has 1 fully saturated rings. The van der Waals surface area contributed by atoms with E-state index in [1.54, 1.807) is 6.92 Å². The second-order valence-electron chi connectivity index (χ2n) is 2.63. The fourth-order valence-electron chi connectivity index (χ4n) is 1.18. The van der Waals surface area contributed by atoms with Crippen LogP contribution in [-0.2, 0) is 9.59 Å². The predicted octanol–water partition coefficient (Wildman–Crippen LogP) is -0.994. The van der Waals surface area contributed by atoms with Gasteiger partial charge in [0.25, 0.3) is 0 Å². The largest absolute Gasteiger partial charge is 0.353 e. The Kier molecular flexibility index (Phi) is 2.59. The van der Waals surface area contributed by atoms with Crippen molar-refractivity contribution in [1.29, 1.82) is 0 Å². The first-order chi connectivity index (χ1) is 5.25. The SMILES string of the molecule is CC1C(=O)NCCN1CC=O. The molecule has 0 aromatic carbocycles. The molecule has 1 N–H and O–H groups in total. The van der Waals surface area contributed by atoms with Gasteiger partial charge in [0.15, 0.2) is 0 Å². The van der Waals surface area contributed by atoms with E-state index in [1.165, 1.54) is 0 Å². The van der Waals surface area contributed by atoms with Gasteiger partial charge in [0.1, 0.15) is 6.29 Å². The van der Waals surface area contributed by atoms with E-state index in [-0.39, 0.29) is 11.9 Å². The van der Waals surface area contributed by atoms with Crippen LogP contribution in [0.25, 0.3) is 0 Å². The molecule has 0 saturated carbocycles. The number of hydrogen-bond acceptors (Lipinski definition) is 3. The van der Waals surface area contributed by atoms with Gasteiger partial charge in [-0.3, -0.25) is 9.69 Å². The van der Waals surface area contributed by atoms with Crippen molar-refractivity contribution in [2.24, 2.45) is 0 Å². The Morgan fingerprint density at radius 2 is 2.55 bits per heavy atom. The Labute approximate surface area is 65.6 Å². The zero-order valence-electron chi connectivity index (χ0n) is 6.54. The molecule has 0 spiro atoms. The summed E-state index contributed by atoms with van der Waals surface area (Å²) in [5.74, 6) is 0.0121. The molecule has 1 aliphatic rings. The molecule has 0 aliphatic carbocycles. The van der Waals surface area contributed by atoms with E-state index in [0.717, 1.165) is 12.8 Å². The average Bonchev–Trinajstić information content (AvgIpc) is 1.99. The Hall–Kier alpha value is -0.900. The first kappa shape index (κ1) is 8.20. The molecule has 4 heteroatoms. The predicted molar refractivity (Wildman–Crippen MR) is 40.1 cm³/mol. The normalized spacial score (nSPS) is 26.3. The fourth-order valence-corrected chi connectivity index (χ4v) is 1.18. The van der Waals surface area contributed by atoms with Crippen LogP contribution in [0.2, 0.25) is 0 Å². The maximum absolute atomic E-state index is 11.0. The van der Waals surface area contributed by atoms with Crippen LogP contribution in [-0.4, -0.2) is 42.8 Å². The Morgan fingerprint density at radius 1 is 1.82 bits per heavy atom. The summed E-state index contributed by atoms with van der Waals surface area (Å²) in [6.07, 6.45) is 0.828. The molecule has 62 valence electrons. The second kappa shape index (κ2) is 3.48. The van der Waals surface area contributed by atoms with Crippen LogP contribution in [0, 0.1) is 0 Å². The highest BCUT2D eigenvalue weighted by atomic mass is 16.2. The number of rotatable bonds is 2. The molecular weight excluding hydrogens is 144 g/mol. The van der Waals surface area contributed by atoms with Gasteiger partial charge in [-0.15, -0.1) is 0 Å². The van der Waals surface area contributed by atoms with Gasteiger partial charge < -0.3 is 10.1 Å². The topological polar surface area (TPSA) is 49.4 Å². The molecule has 1 aliphatic heterocycles. The summed E-state index contributed by atoms with van der Waals surface area (Å²) in [6.45, 7) is 3.58. The van der Waals surface area contributed by atoms with Crippen molar-refractivity contribution in [3.8, 4) is 0 Å². The zero-order chi connectivity index (χ0) is 8.27. The molecule has 1 rings (SSSR count). The van der Waals surface area contributed by atoms with Crippen molar-refractivity contribution in [1.82, 2.24) is 10.2 Å². The summed E-state index contributed by atoms with van der Waals surface area (Å²) in [6, 6.07) is -0.158. The monoisotopic (exact) mass is 156 g/mol. The highest BCUT2D eigenvalue weighted by molar-refractivity contribution is 5.82. The maximum Gasteiger partial charge on any atom is 0.237 e. The van der Waals surface area contributed by atoms with Gasteiger partial charge in [0, 0.05) is 13.1 Å². The highest BCUT2D eigenvalue weighted by Gasteiger charge is 2.24. The first-order valence-electron chi connectivity index (χ1n) is 3.71. The highest BCUT2D eigenvalue weighted by Crippen LogP contribution is 2.01. The van der Waals surface area contributed by atoms with Crippen molar-refractivity contribution in [3.63, 3.8) is 0 Å². The lowest BCUT2D eigenvalue weighted by molar-refractivity contribution is -0.128. The smallest absolute Gasteiger partial charge is 0.237 e. The number of carbonyl (C=O) groups excluding carboxylic acids is 2. The third-order valence-corrected chi connectivity index (χ3v) is 1.93. The van der Waals surface area contributed by atoms with Crippen LogP contribution in [0.1, 0.15) is 6.92 Å². The lowest BCUT2D eigenvalue weighted by Gasteiger charge is -2.30. The van der Waals surface area contributed by atoms with Crippen LogP contribution >= 0.6 is 0 Å². The molecule has 1 amide bonds. The lowest BCUT2D eigenvalue weighted by Crippen LogP contribution is -2.54. The Balaban J connectivity index is 2.50. The molecule has 4 nitrogen and oxygen atoms in total. The number of hydrogen-bond donors (Lipinski definition) is 1. The van der Waals surface area contributed by atoms with Gasteiger partial charge in [0.05, 0.1) is 12.6 Å². The molecule has 1 unspecified atom stereocenters. The molecule has 0 radical (unpaired) electrons. The van der Waals surface area contributed by atoms with Crippen molar-refractivity contribution >= 4 is 12.2 Å². The van der Waals surface area contributed by atoms with Crippen LogP contribution < -0.4 is 5.32 Å². The molecule has 0 aromatic heterocycles. The van der Waals surface area contributed by atoms with E-state index >= 15 is 0 Å². The van der Waals surface area contributed by atoms with Crippen molar-refractivity contribution in [3.05, 3.63) is 0 Å². The third-order valence-electron chi connectivity index (χ3n) is 1.93. The Morgan fingerprint density at radius 3 is 3.18 bits per heavy atom. The minimum absolute atomic E-state index is 0.0121. The van der Waals surface area contributed by atoms with Gasteiger partial charge in [-0.2, -0.15) is 0 Å². The van der Waals surface area contributed by atoms with E-state index in [4.69, 9.17) is 0 Å². The van der Waals surface area contributed by atoms with Crippen molar-refractivity contribution < 1.29 is 9.59 Å². The van der Waals surface area contributed by atoms with E-state index in [0.29, 0.717) is 13.1 Å². The zero-order valence-corrected chi connectivity index (χ0v) is 6.54. The standard InChI is InChI=1S/C7H12N2O2/c1-6-7(11)8-2-3-9(6)4-5-10/h5-6H,2-4H2,1H3,(H,8,11). The van der Waals surface area contributed by atoms with Gasteiger partial charge in [-0.05, 0) is 6.92 Å². The van der Waals surface area contributed by atoms with Crippen LogP contribution in [0.5, 0.6) is 0 Å². The minimum atomic E-state index is -0.158. The number of piperazine rings is 1. The average molecular weight is 156 g/mol. The van der Waals surface area contributed by atoms with E-state index in [9.17, 15) is 9.59 Å². The summed E-state index contributed by atoms with van der Waals surface area (Å²) in [5, 5.41) is 2.72. The van der Waals surface area contributed by atoms with Gasteiger partial charge in [0.2, 0.25) is 5.91 Å². The summed E-state index contributed by atoms with van der Waals surface area (Å²) in [4.78, 5) is 23.0. The number of nitrogens with zero attached hydrogens (tertiary/aromatic N) is 1. The van der Waals surface area contributed by atoms with Gasteiger partial charge in [-0.25, -0.2) is 0 Å². The number of aldehydes is 1. The Bertz CT molecular complexity index is 170. The maximum atomic E-state index is 11.0. The van der Waals surface area contributed by atoms with E-state index in [1.807, 2.05) is 4.90 Å². The fraction of sp³-hybridized carbons (Fsp3) is 0.714.